The highest BCUT2D eigenvalue weighted by atomic mass is 16.2. The van der Waals surface area contributed by atoms with Gasteiger partial charge in [0.25, 0.3) is 5.56 Å². The van der Waals surface area contributed by atoms with Crippen LogP contribution in [0.5, 0.6) is 0 Å². The summed E-state index contributed by atoms with van der Waals surface area (Å²) in [5.41, 5.74) is 3.60. The van der Waals surface area contributed by atoms with Gasteiger partial charge >= 0.3 is 0 Å². The topological polar surface area (TPSA) is 80.1 Å². The highest BCUT2D eigenvalue weighted by molar-refractivity contribution is 5.79. The van der Waals surface area contributed by atoms with E-state index in [2.05, 4.69) is 16.4 Å². The summed E-state index contributed by atoms with van der Waals surface area (Å²) in [4.78, 5) is 37.7. The molecular formula is C28H33N5O2. The maximum absolute atomic E-state index is 13.6. The Morgan fingerprint density at radius 3 is 2.80 bits per heavy atom. The Kier molecular flexibility index (Phi) is 7.21. The first-order valence-corrected chi connectivity index (χ1v) is 12.8. The number of piperidine rings is 1. The maximum Gasteiger partial charge on any atom is 0.295 e. The molecule has 0 bridgehead atoms. The molecule has 35 heavy (non-hydrogen) atoms. The average molecular weight is 472 g/mol. The van der Waals surface area contributed by atoms with Crippen LogP contribution < -0.4 is 15.8 Å². The van der Waals surface area contributed by atoms with Crippen molar-refractivity contribution in [2.75, 3.05) is 24.5 Å². The van der Waals surface area contributed by atoms with Crippen molar-refractivity contribution >= 4 is 22.9 Å². The van der Waals surface area contributed by atoms with Gasteiger partial charge in [0.05, 0.1) is 12.5 Å². The molecule has 3 aromatic rings. The number of hydrogen-bond donors (Lipinski definition) is 1. The van der Waals surface area contributed by atoms with Gasteiger partial charge in [-0.2, -0.15) is 0 Å². The molecule has 0 radical (unpaired) electrons. The SMILES string of the molecule is O=C(NCCC1=CCCCC1)[C@H]1CCCN(c2nc3cccnc3n(Cc3ccccc3)c2=O)C1. The number of benzene rings is 1. The standard InChI is InChI=1S/C28H33N5O2/c34-27(30-17-15-21-9-3-1-4-10-21)23-13-8-18-32(20-23)26-28(35)33(19-22-11-5-2-6-12-22)25-24(31-26)14-7-16-29-25/h2,5-7,9,11-12,14,16,23H,1,3-4,8,10,13,15,17-20H2,(H,30,34)/t23-/m0/s1. The van der Waals surface area contributed by atoms with Crippen molar-refractivity contribution in [3.05, 3.63) is 76.2 Å². The van der Waals surface area contributed by atoms with E-state index >= 15 is 0 Å². The lowest BCUT2D eigenvalue weighted by Gasteiger charge is -2.32. The van der Waals surface area contributed by atoms with Gasteiger partial charge in [-0.3, -0.25) is 14.2 Å². The molecular weight excluding hydrogens is 438 g/mol. The van der Waals surface area contributed by atoms with Crippen molar-refractivity contribution in [3.63, 3.8) is 0 Å². The van der Waals surface area contributed by atoms with Crippen molar-refractivity contribution in [1.29, 1.82) is 0 Å². The van der Waals surface area contributed by atoms with Crippen LogP contribution in [-0.2, 0) is 11.3 Å². The van der Waals surface area contributed by atoms with Crippen LogP contribution in [0.4, 0.5) is 5.82 Å². The van der Waals surface area contributed by atoms with Gasteiger partial charge < -0.3 is 10.2 Å². The van der Waals surface area contributed by atoms with E-state index in [4.69, 9.17) is 4.98 Å². The third-order valence-electron chi connectivity index (χ3n) is 7.09. The number of carbonyl (C=O) groups excluding carboxylic acids is 1. The Balaban J connectivity index is 1.33. The summed E-state index contributed by atoms with van der Waals surface area (Å²) < 4.78 is 1.70. The second kappa shape index (κ2) is 10.8. The molecule has 7 heteroatoms. The first kappa shape index (κ1) is 23.3. The zero-order valence-corrected chi connectivity index (χ0v) is 20.2. The minimum atomic E-state index is -0.162. The van der Waals surface area contributed by atoms with Crippen LogP contribution in [0, 0.1) is 5.92 Å². The number of fused-ring (bicyclic) bond motifs is 1. The van der Waals surface area contributed by atoms with Crippen molar-refractivity contribution < 1.29 is 4.79 Å². The molecule has 7 nitrogen and oxygen atoms in total. The molecule has 5 rings (SSSR count). The summed E-state index contributed by atoms with van der Waals surface area (Å²) in [6.07, 6.45) is 11.5. The van der Waals surface area contributed by atoms with E-state index in [1.807, 2.05) is 47.4 Å². The Morgan fingerprint density at radius 1 is 1.09 bits per heavy atom. The van der Waals surface area contributed by atoms with Crippen LogP contribution in [0.3, 0.4) is 0 Å². The molecule has 1 N–H and O–H groups in total. The molecule has 0 spiro atoms. The highest BCUT2D eigenvalue weighted by Crippen LogP contribution is 2.23. The summed E-state index contributed by atoms with van der Waals surface area (Å²) in [5, 5.41) is 3.14. The van der Waals surface area contributed by atoms with E-state index < -0.39 is 0 Å². The van der Waals surface area contributed by atoms with Crippen LogP contribution >= 0.6 is 0 Å². The normalized spacial score (nSPS) is 18.3. The molecule has 2 aliphatic rings. The Hall–Kier alpha value is -3.48. The smallest absolute Gasteiger partial charge is 0.295 e. The first-order chi connectivity index (χ1) is 17.2. The average Bonchev–Trinajstić information content (AvgIpc) is 2.91. The highest BCUT2D eigenvalue weighted by Gasteiger charge is 2.28. The molecule has 1 aromatic carbocycles. The number of amides is 1. The van der Waals surface area contributed by atoms with Crippen LogP contribution in [0.15, 0.2) is 65.1 Å². The first-order valence-electron chi connectivity index (χ1n) is 12.8. The zero-order chi connectivity index (χ0) is 24.0. The van der Waals surface area contributed by atoms with Crippen molar-refractivity contribution in [2.45, 2.75) is 51.5 Å². The van der Waals surface area contributed by atoms with Crippen LogP contribution in [-0.4, -0.2) is 40.1 Å². The van der Waals surface area contributed by atoms with E-state index in [0.29, 0.717) is 36.6 Å². The van der Waals surface area contributed by atoms with Crippen LogP contribution in [0.2, 0.25) is 0 Å². The zero-order valence-electron chi connectivity index (χ0n) is 20.2. The molecule has 1 aliphatic heterocycles. The lowest BCUT2D eigenvalue weighted by molar-refractivity contribution is -0.125. The third kappa shape index (κ3) is 5.45. The minimum absolute atomic E-state index is 0.0816. The molecule has 182 valence electrons. The fraction of sp³-hybridized carbons (Fsp3) is 0.429. The number of anilines is 1. The molecule has 3 heterocycles. The third-order valence-corrected chi connectivity index (χ3v) is 7.09. The monoisotopic (exact) mass is 471 g/mol. The second-order valence-electron chi connectivity index (χ2n) is 9.59. The van der Waals surface area contributed by atoms with E-state index in [0.717, 1.165) is 44.2 Å². The van der Waals surface area contributed by atoms with Gasteiger partial charge in [0.2, 0.25) is 5.91 Å². The van der Waals surface area contributed by atoms with Gasteiger partial charge in [-0.25, -0.2) is 9.97 Å². The fourth-order valence-electron chi connectivity index (χ4n) is 5.19. The largest absolute Gasteiger partial charge is 0.355 e. The second-order valence-corrected chi connectivity index (χ2v) is 9.59. The number of allylic oxidation sites excluding steroid dienone is 1. The number of hydrogen-bond acceptors (Lipinski definition) is 5. The van der Waals surface area contributed by atoms with Crippen molar-refractivity contribution in [1.82, 2.24) is 19.9 Å². The van der Waals surface area contributed by atoms with Gasteiger partial charge in [0.1, 0.15) is 5.52 Å². The van der Waals surface area contributed by atoms with Crippen LogP contribution in [0.1, 0.15) is 50.5 Å². The molecule has 0 unspecified atom stereocenters. The lowest BCUT2D eigenvalue weighted by atomic mass is 9.96. The minimum Gasteiger partial charge on any atom is -0.355 e. The maximum atomic E-state index is 13.6. The van der Waals surface area contributed by atoms with E-state index in [1.165, 1.54) is 18.4 Å². The van der Waals surface area contributed by atoms with E-state index in [-0.39, 0.29) is 17.4 Å². The molecule has 1 atom stereocenters. The summed E-state index contributed by atoms with van der Waals surface area (Å²) in [6, 6.07) is 13.6. The number of nitrogens with zero attached hydrogens (tertiary/aromatic N) is 4. The van der Waals surface area contributed by atoms with Crippen LogP contribution in [0.25, 0.3) is 11.2 Å². The molecule has 1 amide bonds. The molecule has 1 saturated heterocycles. The Bertz CT molecular complexity index is 1270. The fourth-order valence-corrected chi connectivity index (χ4v) is 5.19. The molecule has 0 saturated carbocycles. The number of aromatic nitrogens is 3. The van der Waals surface area contributed by atoms with E-state index in [1.54, 1.807) is 10.8 Å². The van der Waals surface area contributed by atoms with Gasteiger partial charge in [-0.05, 0) is 62.6 Å². The predicted octanol–water partition coefficient (Wildman–Crippen LogP) is 4.06. The summed E-state index contributed by atoms with van der Waals surface area (Å²) in [6.45, 7) is 2.34. The summed E-state index contributed by atoms with van der Waals surface area (Å²) in [5.74, 6) is 0.349. The van der Waals surface area contributed by atoms with Crippen molar-refractivity contribution in [3.8, 4) is 0 Å². The quantitative estimate of drug-likeness (QED) is 0.526. The predicted molar refractivity (Wildman–Crippen MR) is 138 cm³/mol. The van der Waals surface area contributed by atoms with Gasteiger partial charge in [0, 0.05) is 25.8 Å². The Labute approximate surface area is 205 Å². The molecule has 2 aromatic heterocycles. The van der Waals surface area contributed by atoms with Gasteiger partial charge in [-0.15, -0.1) is 0 Å². The lowest BCUT2D eigenvalue weighted by Crippen LogP contribution is -2.46. The summed E-state index contributed by atoms with van der Waals surface area (Å²) in [7, 11) is 0. The van der Waals surface area contributed by atoms with Gasteiger partial charge in [-0.1, -0.05) is 42.0 Å². The number of carbonyl (C=O) groups is 1. The summed E-state index contributed by atoms with van der Waals surface area (Å²) >= 11 is 0. The Morgan fingerprint density at radius 2 is 1.97 bits per heavy atom. The van der Waals surface area contributed by atoms with E-state index in [9.17, 15) is 9.59 Å². The molecule has 1 aliphatic carbocycles. The number of pyridine rings is 1. The van der Waals surface area contributed by atoms with Crippen molar-refractivity contribution in [2.24, 2.45) is 5.92 Å². The number of rotatable bonds is 7. The molecule has 1 fully saturated rings. The number of nitrogens with one attached hydrogen (secondary N) is 1. The van der Waals surface area contributed by atoms with Gasteiger partial charge in [0.15, 0.2) is 11.5 Å².